The lowest BCUT2D eigenvalue weighted by Crippen LogP contribution is -2.56. The van der Waals surface area contributed by atoms with Crippen LogP contribution in [0.3, 0.4) is 0 Å². The molecule has 0 heterocycles. The van der Waals surface area contributed by atoms with E-state index in [1.54, 1.807) is 14.0 Å². The van der Waals surface area contributed by atoms with Gasteiger partial charge in [0.05, 0.1) is 5.57 Å². The number of fused-ring (bicyclic) bond motifs is 1. The maximum Gasteiger partial charge on any atom is 0.219 e. The van der Waals surface area contributed by atoms with Crippen LogP contribution in [0.15, 0.2) is 23.3 Å². The average molecular weight is 565 g/mol. The van der Waals surface area contributed by atoms with Gasteiger partial charge in [0.25, 0.3) is 0 Å². The number of allylic oxidation sites excluding steroid dienone is 4. The summed E-state index contributed by atoms with van der Waals surface area (Å²) in [4.78, 5) is 38.4. The summed E-state index contributed by atoms with van der Waals surface area (Å²) in [6, 6.07) is 2.19. The number of carbonyl (C=O) groups excluding carboxylic acids is 3. The Labute approximate surface area is 250 Å². The molecule has 0 aromatic carbocycles. The second-order valence-electron chi connectivity index (χ2n) is 16.3. The summed E-state index contributed by atoms with van der Waals surface area (Å²) < 4.78 is 0. The van der Waals surface area contributed by atoms with Crippen LogP contribution in [0.2, 0.25) is 0 Å². The predicted molar refractivity (Wildman–Crippen MR) is 166 cm³/mol. The van der Waals surface area contributed by atoms with Gasteiger partial charge in [0.15, 0.2) is 11.6 Å². The number of nitrogens with one attached hydrogen (secondary N) is 1. The van der Waals surface area contributed by atoms with Crippen molar-refractivity contribution in [2.45, 2.75) is 127 Å². The standard InChI is InChI=1S/C36H56N2O3/c1-24-21-31(3,4)16-18-36(24,15-13-29(40)38-11)19-17-32(5,6)35(10)14-12-27-33(7,8)30(41)26(23-37)22-34(27,9)28(35)20-25(2)39/h20,22,24,27H,12-19,21H2,1-11H3,(H,38,40)/b28-20-/t24?,27-,34-,35+,36+/m0/s1. The number of nitrogens with zero attached hydrogens (tertiary/aromatic N) is 1. The molecule has 0 aromatic heterocycles. The third-order valence-electron chi connectivity index (χ3n) is 12.5. The number of hydrogen-bond donors (Lipinski definition) is 1. The minimum Gasteiger partial charge on any atom is -0.359 e. The molecule has 228 valence electrons. The van der Waals surface area contributed by atoms with Crippen LogP contribution in [-0.2, 0) is 14.4 Å². The van der Waals surface area contributed by atoms with Crippen molar-refractivity contribution < 1.29 is 14.4 Å². The van der Waals surface area contributed by atoms with Gasteiger partial charge in [0, 0.05) is 24.3 Å². The van der Waals surface area contributed by atoms with E-state index in [0.717, 1.165) is 44.1 Å². The largest absolute Gasteiger partial charge is 0.359 e. The molecule has 3 rings (SSSR count). The van der Waals surface area contributed by atoms with E-state index in [9.17, 15) is 19.6 Å². The van der Waals surface area contributed by atoms with E-state index in [4.69, 9.17) is 0 Å². The third-order valence-corrected chi connectivity index (χ3v) is 12.5. The van der Waals surface area contributed by atoms with E-state index >= 15 is 0 Å². The maximum absolute atomic E-state index is 13.3. The Morgan fingerprint density at radius 3 is 2.27 bits per heavy atom. The first-order valence-electron chi connectivity index (χ1n) is 15.8. The fraction of sp³-hybridized carbons (Fsp3) is 0.778. The van der Waals surface area contributed by atoms with Crippen molar-refractivity contribution in [3.63, 3.8) is 0 Å². The van der Waals surface area contributed by atoms with Crippen LogP contribution in [0.25, 0.3) is 0 Å². The highest BCUT2D eigenvalue weighted by atomic mass is 16.1. The molecule has 5 atom stereocenters. The summed E-state index contributed by atoms with van der Waals surface area (Å²) >= 11 is 0. The van der Waals surface area contributed by atoms with Gasteiger partial charge in [-0.3, -0.25) is 14.4 Å². The first kappa shape index (κ1) is 33.3. The van der Waals surface area contributed by atoms with Crippen LogP contribution in [-0.4, -0.2) is 24.5 Å². The Balaban J connectivity index is 2.05. The fourth-order valence-corrected chi connectivity index (χ4v) is 9.29. The van der Waals surface area contributed by atoms with Crippen molar-refractivity contribution in [3.8, 4) is 6.07 Å². The molecule has 3 aliphatic carbocycles. The van der Waals surface area contributed by atoms with E-state index in [1.165, 1.54) is 12.8 Å². The van der Waals surface area contributed by atoms with Gasteiger partial charge in [-0.15, -0.1) is 0 Å². The van der Waals surface area contributed by atoms with E-state index in [1.807, 2.05) is 26.0 Å². The molecule has 0 spiro atoms. The monoisotopic (exact) mass is 564 g/mol. The lowest BCUT2D eigenvalue weighted by molar-refractivity contribution is -0.131. The van der Waals surface area contributed by atoms with E-state index in [-0.39, 0.29) is 45.2 Å². The van der Waals surface area contributed by atoms with Crippen molar-refractivity contribution in [1.82, 2.24) is 5.32 Å². The summed E-state index contributed by atoms with van der Waals surface area (Å²) in [5.74, 6) is 0.579. The average Bonchev–Trinajstić information content (AvgIpc) is 2.87. The molecule has 0 aliphatic heterocycles. The van der Waals surface area contributed by atoms with Gasteiger partial charge >= 0.3 is 0 Å². The van der Waals surface area contributed by atoms with Crippen LogP contribution in [0, 0.1) is 55.7 Å². The number of carbonyl (C=O) groups is 3. The molecule has 2 saturated carbocycles. The van der Waals surface area contributed by atoms with E-state index in [2.05, 4.69) is 59.9 Å². The summed E-state index contributed by atoms with van der Waals surface area (Å²) in [6.07, 6.45) is 12.4. The molecule has 1 amide bonds. The maximum atomic E-state index is 13.3. The first-order chi connectivity index (χ1) is 18.7. The van der Waals surface area contributed by atoms with Gasteiger partial charge in [-0.1, -0.05) is 74.0 Å². The zero-order valence-corrected chi connectivity index (χ0v) is 27.8. The van der Waals surface area contributed by atoms with E-state index < -0.39 is 10.8 Å². The van der Waals surface area contributed by atoms with Gasteiger partial charge in [-0.2, -0.15) is 5.26 Å². The van der Waals surface area contributed by atoms with Crippen LogP contribution >= 0.6 is 0 Å². The quantitative estimate of drug-likeness (QED) is 0.301. The minimum atomic E-state index is -0.676. The highest BCUT2D eigenvalue weighted by molar-refractivity contribution is 6.04. The topological polar surface area (TPSA) is 87.0 Å². The summed E-state index contributed by atoms with van der Waals surface area (Å²) in [7, 11) is 1.72. The number of amides is 1. The Hall–Kier alpha value is -2.22. The number of ketones is 2. The van der Waals surface area contributed by atoms with E-state index in [0.29, 0.717) is 17.8 Å². The molecule has 0 radical (unpaired) electrons. The molecule has 0 aromatic rings. The van der Waals surface area contributed by atoms with Gasteiger partial charge in [0.1, 0.15) is 6.07 Å². The number of hydrogen-bond acceptors (Lipinski definition) is 4. The lowest BCUT2D eigenvalue weighted by Gasteiger charge is -2.61. The molecule has 3 aliphatic rings. The predicted octanol–water partition coefficient (Wildman–Crippen LogP) is 8.15. The van der Waals surface area contributed by atoms with Crippen LogP contribution in [0.5, 0.6) is 0 Å². The minimum absolute atomic E-state index is 0.00990. The Bertz CT molecular complexity index is 1180. The van der Waals surface area contributed by atoms with Crippen LogP contribution in [0.1, 0.15) is 127 Å². The molecule has 1 unspecified atom stereocenters. The third kappa shape index (κ3) is 5.87. The molecule has 2 fully saturated rings. The molecule has 5 heteroatoms. The Kier molecular flexibility index (Phi) is 9.03. The SMILES string of the molecule is CNC(=O)CC[C@]1(CCC(C)(C)[C@]2(C)CC[C@H]3C(C)(C)C(=O)C(C#N)=C[C@]3(C)/C2=C/C(C)=O)CCC(C)(C)CC1C. The smallest absolute Gasteiger partial charge is 0.219 e. The Morgan fingerprint density at radius 1 is 1.10 bits per heavy atom. The molecule has 1 N–H and O–H groups in total. The molecular weight excluding hydrogens is 508 g/mol. The van der Waals surface area contributed by atoms with Crippen molar-refractivity contribution in [1.29, 1.82) is 5.26 Å². The lowest BCUT2D eigenvalue weighted by atomic mass is 9.42. The van der Waals surface area contributed by atoms with Crippen molar-refractivity contribution in [3.05, 3.63) is 23.3 Å². The van der Waals surface area contributed by atoms with Crippen molar-refractivity contribution in [2.75, 3.05) is 7.05 Å². The first-order valence-corrected chi connectivity index (χ1v) is 15.8. The second-order valence-corrected chi connectivity index (χ2v) is 16.3. The Morgan fingerprint density at radius 2 is 1.73 bits per heavy atom. The summed E-state index contributed by atoms with van der Waals surface area (Å²) in [6.45, 7) is 21.9. The van der Waals surface area contributed by atoms with Gasteiger partial charge in [-0.05, 0) is 97.9 Å². The van der Waals surface area contributed by atoms with Crippen LogP contribution < -0.4 is 5.32 Å². The van der Waals surface area contributed by atoms with Gasteiger partial charge < -0.3 is 5.32 Å². The van der Waals surface area contributed by atoms with Gasteiger partial charge in [0.2, 0.25) is 5.91 Å². The number of Topliss-reactive ketones (excluding diaryl/α,β-unsaturated/α-hetero) is 1. The molecular formula is C36H56N2O3. The highest BCUT2D eigenvalue weighted by Crippen LogP contribution is 2.67. The fourth-order valence-electron chi connectivity index (χ4n) is 9.29. The molecule has 0 saturated heterocycles. The highest BCUT2D eigenvalue weighted by Gasteiger charge is 2.61. The number of nitriles is 1. The molecule has 41 heavy (non-hydrogen) atoms. The van der Waals surface area contributed by atoms with Gasteiger partial charge in [-0.25, -0.2) is 0 Å². The zero-order valence-electron chi connectivity index (χ0n) is 27.8. The molecule has 0 bridgehead atoms. The zero-order chi connectivity index (χ0) is 31.2. The second kappa shape index (κ2) is 11.1. The number of rotatable bonds is 8. The summed E-state index contributed by atoms with van der Waals surface area (Å²) in [5.41, 5.74) is 0.0346. The van der Waals surface area contributed by atoms with Crippen molar-refractivity contribution >= 4 is 17.5 Å². The van der Waals surface area contributed by atoms with Crippen LogP contribution in [0.4, 0.5) is 0 Å². The normalized spacial score (nSPS) is 35.7. The molecule has 5 nitrogen and oxygen atoms in total. The summed E-state index contributed by atoms with van der Waals surface area (Å²) in [5, 5.41) is 12.8. The van der Waals surface area contributed by atoms with Crippen molar-refractivity contribution in [2.24, 2.45) is 44.3 Å².